The van der Waals surface area contributed by atoms with E-state index in [0.29, 0.717) is 18.8 Å². The Bertz CT molecular complexity index is 313. The first-order valence-electron chi connectivity index (χ1n) is 4.88. The molecule has 84 valence electrons. The Kier molecular flexibility index (Phi) is 4.39. The molecule has 0 saturated heterocycles. The van der Waals surface area contributed by atoms with Gasteiger partial charge in [0.15, 0.2) is 11.5 Å². The topological polar surface area (TPSA) is 61.7 Å². The number of nitrogens with one attached hydrogen (secondary N) is 1. The Morgan fingerprint density at radius 2 is 2.20 bits per heavy atom. The SMILES string of the molecule is COc1ccc(CNC[C@H](C)O)cc1O. The van der Waals surface area contributed by atoms with Gasteiger partial charge < -0.3 is 20.3 Å². The molecule has 0 bridgehead atoms. The average molecular weight is 211 g/mol. The lowest BCUT2D eigenvalue weighted by Gasteiger charge is -2.08. The van der Waals surface area contributed by atoms with E-state index >= 15 is 0 Å². The molecule has 0 radical (unpaired) electrons. The number of aliphatic hydroxyl groups is 1. The largest absolute Gasteiger partial charge is 0.504 e. The van der Waals surface area contributed by atoms with Gasteiger partial charge in [0.05, 0.1) is 13.2 Å². The van der Waals surface area contributed by atoms with Crippen LogP contribution in [0.1, 0.15) is 12.5 Å². The molecular formula is C11H17NO3. The number of phenolic OH excluding ortho intramolecular Hbond substituents is 1. The van der Waals surface area contributed by atoms with E-state index in [1.54, 1.807) is 19.1 Å². The number of ether oxygens (including phenoxy) is 1. The molecule has 0 aliphatic carbocycles. The Hall–Kier alpha value is -1.26. The Morgan fingerprint density at radius 3 is 2.73 bits per heavy atom. The molecule has 0 spiro atoms. The van der Waals surface area contributed by atoms with Crippen LogP contribution < -0.4 is 10.1 Å². The molecule has 4 nitrogen and oxygen atoms in total. The van der Waals surface area contributed by atoms with Crippen molar-refractivity contribution in [2.45, 2.75) is 19.6 Å². The van der Waals surface area contributed by atoms with Crippen molar-refractivity contribution in [3.8, 4) is 11.5 Å². The zero-order valence-electron chi connectivity index (χ0n) is 9.03. The highest BCUT2D eigenvalue weighted by Crippen LogP contribution is 2.25. The van der Waals surface area contributed by atoms with Crippen molar-refractivity contribution in [3.05, 3.63) is 23.8 Å². The summed E-state index contributed by atoms with van der Waals surface area (Å²) in [5.41, 5.74) is 0.953. The molecular weight excluding hydrogens is 194 g/mol. The van der Waals surface area contributed by atoms with Crippen LogP contribution in [0.2, 0.25) is 0 Å². The zero-order chi connectivity index (χ0) is 11.3. The highest BCUT2D eigenvalue weighted by Gasteiger charge is 2.02. The van der Waals surface area contributed by atoms with Gasteiger partial charge in [-0.3, -0.25) is 0 Å². The van der Waals surface area contributed by atoms with Crippen LogP contribution in [0.15, 0.2) is 18.2 Å². The van der Waals surface area contributed by atoms with E-state index < -0.39 is 0 Å². The summed E-state index contributed by atoms with van der Waals surface area (Å²) in [4.78, 5) is 0. The van der Waals surface area contributed by atoms with Gasteiger partial charge in [-0.2, -0.15) is 0 Å². The van der Waals surface area contributed by atoms with Crippen molar-refractivity contribution in [3.63, 3.8) is 0 Å². The average Bonchev–Trinajstić information content (AvgIpc) is 2.17. The minimum absolute atomic E-state index is 0.133. The number of hydrogen-bond acceptors (Lipinski definition) is 4. The lowest BCUT2D eigenvalue weighted by molar-refractivity contribution is 0.191. The molecule has 1 aromatic carbocycles. The lowest BCUT2D eigenvalue weighted by Crippen LogP contribution is -2.23. The van der Waals surface area contributed by atoms with Crippen LogP contribution >= 0.6 is 0 Å². The fourth-order valence-electron chi connectivity index (χ4n) is 1.27. The first-order chi connectivity index (χ1) is 7.13. The second kappa shape index (κ2) is 5.58. The summed E-state index contributed by atoms with van der Waals surface area (Å²) in [5, 5.41) is 21.6. The second-order valence-corrected chi connectivity index (χ2v) is 3.49. The van der Waals surface area contributed by atoms with E-state index in [1.807, 2.05) is 6.07 Å². The van der Waals surface area contributed by atoms with Gasteiger partial charge in [0.1, 0.15) is 0 Å². The van der Waals surface area contributed by atoms with Crippen molar-refractivity contribution in [2.75, 3.05) is 13.7 Å². The van der Waals surface area contributed by atoms with Crippen molar-refractivity contribution < 1.29 is 14.9 Å². The third kappa shape index (κ3) is 3.77. The van der Waals surface area contributed by atoms with Gasteiger partial charge in [-0.05, 0) is 24.6 Å². The maximum atomic E-state index is 9.50. The Balaban J connectivity index is 2.52. The molecule has 1 aromatic rings. The van der Waals surface area contributed by atoms with Crippen molar-refractivity contribution in [1.82, 2.24) is 5.32 Å². The van der Waals surface area contributed by atoms with Crippen LogP contribution in [0.4, 0.5) is 0 Å². The number of methoxy groups -OCH3 is 1. The van der Waals surface area contributed by atoms with Gasteiger partial charge in [0.2, 0.25) is 0 Å². The molecule has 0 aliphatic rings. The predicted molar refractivity (Wildman–Crippen MR) is 58.0 cm³/mol. The van der Waals surface area contributed by atoms with Crippen molar-refractivity contribution >= 4 is 0 Å². The molecule has 0 fully saturated rings. The quantitative estimate of drug-likeness (QED) is 0.676. The summed E-state index contributed by atoms with van der Waals surface area (Å²) in [6.45, 7) is 2.87. The lowest BCUT2D eigenvalue weighted by atomic mass is 10.2. The molecule has 4 heteroatoms. The van der Waals surface area contributed by atoms with Crippen molar-refractivity contribution in [1.29, 1.82) is 0 Å². The maximum absolute atomic E-state index is 9.50. The monoisotopic (exact) mass is 211 g/mol. The highest BCUT2D eigenvalue weighted by molar-refractivity contribution is 5.41. The molecule has 0 unspecified atom stereocenters. The molecule has 0 aromatic heterocycles. The molecule has 0 saturated carbocycles. The fraction of sp³-hybridized carbons (Fsp3) is 0.455. The summed E-state index contributed by atoms with van der Waals surface area (Å²) in [6, 6.07) is 5.23. The van der Waals surface area contributed by atoms with E-state index in [0.717, 1.165) is 5.56 Å². The number of aliphatic hydroxyl groups excluding tert-OH is 1. The third-order valence-electron chi connectivity index (χ3n) is 2.01. The van der Waals surface area contributed by atoms with Crippen molar-refractivity contribution in [2.24, 2.45) is 0 Å². The minimum Gasteiger partial charge on any atom is -0.504 e. The Labute approximate surface area is 89.5 Å². The summed E-state index contributed by atoms with van der Waals surface area (Å²) in [6.07, 6.45) is -0.364. The van der Waals surface area contributed by atoms with E-state index in [-0.39, 0.29) is 11.9 Å². The van der Waals surface area contributed by atoms with E-state index in [1.165, 1.54) is 7.11 Å². The molecule has 0 heterocycles. The van der Waals surface area contributed by atoms with Crippen LogP contribution in [0.3, 0.4) is 0 Å². The second-order valence-electron chi connectivity index (χ2n) is 3.49. The number of hydrogen-bond donors (Lipinski definition) is 3. The van der Waals surface area contributed by atoms with Gasteiger partial charge >= 0.3 is 0 Å². The van der Waals surface area contributed by atoms with Crippen LogP contribution in [0.25, 0.3) is 0 Å². The van der Waals surface area contributed by atoms with Crippen LogP contribution in [0.5, 0.6) is 11.5 Å². The van der Waals surface area contributed by atoms with Crippen LogP contribution in [0, 0.1) is 0 Å². The van der Waals surface area contributed by atoms with Gasteiger partial charge in [0.25, 0.3) is 0 Å². The first-order valence-corrected chi connectivity index (χ1v) is 4.88. The fourth-order valence-corrected chi connectivity index (χ4v) is 1.27. The minimum atomic E-state index is -0.364. The van der Waals surface area contributed by atoms with E-state index in [4.69, 9.17) is 9.84 Å². The summed E-state index contributed by atoms with van der Waals surface area (Å²) in [5.74, 6) is 0.600. The third-order valence-corrected chi connectivity index (χ3v) is 2.01. The van der Waals surface area contributed by atoms with Gasteiger partial charge in [-0.25, -0.2) is 0 Å². The van der Waals surface area contributed by atoms with Gasteiger partial charge in [-0.1, -0.05) is 6.07 Å². The smallest absolute Gasteiger partial charge is 0.160 e. The predicted octanol–water partition coefficient (Wildman–Crippen LogP) is 0.871. The van der Waals surface area contributed by atoms with Crippen LogP contribution in [-0.2, 0) is 6.54 Å². The van der Waals surface area contributed by atoms with E-state index in [2.05, 4.69) is 5.32 Å². The molecule has 1 atom stereocenters. The number of aromatic hydroxyl groups is 1. The number of rotatable bonds is 5. The first kappa shape index (κ1) is 11.8. The number of phenols is 1. The van der Waals surface area contributed by atoms with E-state index in [9.17, 15) is 5.11 Å². The maximum Gasteiger partial charge on any atom is 0.160 e. The summed E-state index contributed by atoms with van der Waals surface area (Å²) >= 11 is 0. The normalized spacial score (nSPS) is 12.5. The molecule has 15 heavy (non-hydrogen) atoms. The molecule has 1 rings (SSSR count). The van der Waals surface area contributed by atoms with Crippen LogP contribution in [-0.4, -0.2) is 30.0 Å². The molecule has 0 amide bonds. The summed E-state index contributed by atoms with van der Waals surface area (Å²) in [7, 11) is 1.51. The highest BCUT2D eigenvalue weighted by atomic mass is 16.5. The standard InChI is InChI=1S/C11H17NO3/c1-8(13)6-12-7-9-3-4-11(15-2)10(14)5-9/h3-5,8,12-14H,6-7H2,1-2H3/t8-/m0/s1. The molecule has 0 aliphatic heterocycles. The van der Waals surface area contributed by atoms with Gasteiger partial charge in [0, 0.05) is 13.1 Å². The summed E-state index contributed by atoms with van der Waals surface area (Å²) < 4.78 is 4.93. The molecule has 3 N–H and O–H groups in total. The Morgan fingerprint density at radius 1 is 1.47 bits per heavy atom. The van der Waals surface area contributed by atoms with Gasteiger partial charge in [-0.15, -0.1) is 0 Å². The number of benzene rings is 1. The zero-order valence-corrected chi connectivity index (χ0v) is 9.03.